The summed E-state index contributed by atoms with van der Waals surface area (Å²) in [5.74, 6) is -4.34. The van der Waals surface area contributed by atoms with Crippen molar-refractivity contribution in [3.63, 3.8) is 0 Å². The first-order valence-electron chi connectivity index (χ1n) is 11.8. The zero-order valence-electron chi connectivity index (χ0n) is 21.1. The normalized spacial score (nSPS) is 15.7. The Bertz CT molecular complexity index is 711. The molecule has 0 aromatic carbocycles. The van der Waals surface area contributed by atoms with Crippen LogP contribution in [-0.2, 0) is 24.0 Å². The van der Waals surface area contributed by atoms with Gasteiger partial charge in [0.05, 0.1) is 6.04 Å². The highest BCUT2D eigenvalue weighted by molar-refractivity contribution is 5.94. The Kier molecular flexibility index (Phi) is 14.1. The van der Waals surface area contributed by atoms with Crippen LogP contribution in [-0.4, -0.2) is 64.0 Å². The number of carboxylic acid groups (broad SMARTS) is 2. The molecule has 0 radical (unpaired) electrons. The third-order valence-corrected chi connectivity index (χ3v) is 5.46. The molecule has 11 heteroatoms. The van der Waals surface area contributed by atoms with E-state index in [1.54, 1.807) is 6.92 Å². The van der Waals surface area contributed by atoms with Gasteiger partial charge in [-0.05, 0) is 37.0 Å². The Labute approximate surface area is 201 Å². The predicted octanol–water partition coefficient (Wildman–Crippen LogP) is 0.856. The zero-order valence-corrected chi connectivity index (χ0v) is 21.1. The number of amides is 3. The molecule has 0 heterocycles. The van der Waals surface area contributed by atoms with E-state index in [1.807, 2.05) is 34.6 Å². The molecular formula is C23H42N4O7. The Morgan fingerprint density at radius 2 is 1.26 bits per heavy atom. The molecule has 3 amide bonds. The molecule has 11 nitrogen and oxygen atoms in total. The maximum atomic E-state index is 13.1. The lowest BCUT2D eigenvalue weighted by molar-refractivity contribution is -0.143. The van der Waals surface area contributed by atoms with Crippen LogP contribution in [0, 0.1) is 17.8 Å². The summed E-state index contributed by atoms with van der Waals surface area (Å²) in [7, 11) is 0. The Balaban J connectivity index is 5.53. The maximum Gasteiger partial charge on any atom is 0.326 e. The van der Waals surface area contributed by atoms with Crippen LogP contribution >= 0.6 is 0 Å². The summed E-state index contributed by atoms with van der Waals surface area (Å²) in [5.41, 5.74) is 5.77. The molecule has 0 saturated heterocycles. The monoisotopic (exact) mass is 486 g/mol. The minimum absolute atomic E-state index is 0.0190. The average Bonchev–Trinajstić information content (AvgIpc) is 2.72. The van der Waals surface area contributed by atoms with Crippen LogP contribution < -0.4 is 21.7 Å². The number of nitrogens with two attached hydrogens (primary N) is 1. The second-order valence-corrected chi connectivity index (χ2v) is 9.63. The van der Waals surface area contributed by atoms with Crippen LogP contribution in [0.2, 0.25) is 0 Å². The molecule has 0 aliphatic rings. The Morgan fingerprint density at radius 3 is 1.71 bits per heavy atom. The first-order valence-corrected chi connectivity index (χ1v) is 11.8. The summed E-state index contributed by atoms with van der Waals surface area (Å²) in [5, 5.41) is 26.0. The molecule has 0 aromatic rings. The van der Waals surface area contributed by atoms with E-state index < -0.39 is 53.8 Å². The third kappa shape index (κ3) is 12.0. The fraction of sp³-hybridized carbons (Fsp3) is 0.783. The molecule has 5 unspecified atom stereocenters. The van der Waals surface area contributed by atoms with Crippen molar-refractivity contribution in [2.75, 3.05) is 0 Å². The number of carbonyl (C=O) groups is 5. The van der Waals surface area contributed by atoms with Gasteiger partial charge in [0, 0.05) is 6.42 Å². The molecule has 0 rings (SSSR count). The van der Waals surface area contributed by atoms with E-state index in [0.717, 1.165) is 0 Å². The number of hydrogen-bond acceptors (Lipinski definition) is 6. The zero-order chi connectivity index (χ0) is 26.6. The van der Waals surface area contributed by atoms with Crippen LogP contribution in [0.3, 0.4) is 0 Å². The lowest BCUT2D eigenvalue weighted by atomic mass is 9.96. The molecule has 196 valence electrons. The summed E-state index contributed by atoms with van der Waals surface area (Å²) in [6.45, 7) is 11.0. The van der Waals surface area contributed by atoms with Gasteiger partial charge >= 0.3 is 11.9 Å². The number of nitrogens with one attached hydrogen (secondary N) is 3. The highest BCUT2D eigenvalue weighted by Gasteiger charge is 2.33. The van der Waals surface area contributed by atoms with Gasteiger partial charge in [-0.2, -0.15) is 0 Å². The van der Waals surface area contributed by atoms with E-state index in [9.17, 15) is 29.1 Å². The van der Waals surface area contributed by atoms with Gasteiger partial charge in [-0.1, -0.05) is 48.0 Å². The average molecular weight is 487 g/mol. The number of carboxylic acids is 2. The molecule has 0 aromatic heterocycles. The molecule has 34 heavy (non-hydrogen) atoms. The first-order chi connectivity index (χ1) is 15.7. The topological polar surface area (TPSA) is 188 Å². The quantitative estimate of drug-likeness (QED) is 0.185. The van der Waals surface area contributed by atoms with Gasteiger partial charge in [-0.25, -0.2) is 4.79 Å². The predicted molar refractivity (Wildman–Crippen MR) is 127 cm³/mol. The smallest absolute Gasteiger partial charge is 0.326 e. The third-order valence-electron chi connectivity index (χ3n) is 5.46. The van der Waals surface area contributed by atoms with E-state index in [2.05, 4.69) is 16.0 Å². The molecular weight excluding hydrogens is 444 g/mol. The van der Waals surface area contributed by atoms with Gasteiger partial charge in [0.25, 0.3) is 0 Å². The summed E-state index contributed by atoms with van der Waals surface area (Å²) in [6.07, 6.45) is 0.681. The first kappa shape index (κ1) is 31.3. The summed E-state index contributed by atoms with van der Waals surface area (Å²) in [4.78, 5) is 60.8. The summed E-state index contributed by atoms with van der Waals surface area (Å²) < 4.78 is 0. The van der Waals surface area contributed by atoms with Crippen molar-refractivity contribution in [2.24, 2.45) is 23.5 Å². The van der Waals surface area contributed by atoms with Crippen LogP contribution in [0.1, 0.15) is 73.6 Å². The number of rotatable bonds is 16. The minimum atomic E-state index is -1.16. The fourth-order valence-electron chi connectivity index (χ4n) is 3.30. The van der Waals surface area contributed by atoms with Crippen LogP contribution in [0.4, 0.5) is 0 Å². The molecule has 0 spiro atoms. The SMILES string of the molecule is CCC(C)C(NC(=O)C(N)CCC(=O)O)C(=O)NC(CC(C)C)C(=O)NC(CC(C)C)C(=O)O. The number of hydrogen-bond donors (Lipinski definition) is 6. The lowest BCUT2D eigenvalue weighted by Gasteiger charge is -2.28. The van der Waals surface area contributed by atoms with E-state index in [0.29, 0.717) is 6.42 Å². The second-order valence-electron chi connectivity index (χ2n) is 9.63. The molecule has 5 atom stereocenters. The van der Waals surface area contributed by atoms with Gasteiger partial charge in [0.15, 0.2) is 0 Å². The van der Waals surface area contributed by atoms with Crippen molar-refractivity contribution in [3.05, 3.63) is 0 Å². The van der Waals surface area contributed by atoms with Crippen molar-refractivity contribution in [1.29, 1.82) is 0 Å². The fourth-order valence-corrected chi connectivity index (χ4v) is 3.30. The molecule has 7 N–H and O–H groups in total. The van der Waals surface area contributed by atoms with Crippen LogP contribution in [0.5, 0.6) is 0 Å². The molecule has 0 bridgehead atoms. The van der Waals surface area contributed by atoms with Crippen molar-refractivity contribution in [3.8, 4) is 0 Å². The molecule has 0 aliphatic heterocycles. The van der Waals surface area contributed by atoms with Crippen LogP contribution in [0.25, 0.3) is 0 Å². The van der Waals surface area contributed by atoms with Gasteiger partial charge in [0.2, 0.25) is 17.7 Å². The lowest BCUT2D eigenvalue weighted by Crippen LogP contribution is -2.58. The van der Waals surface area contributed by atoms with E-state index in [-0.39, 0.29) is 43.4 Å². The van der Waals surface area contributed by atoms with Crippen molar-refractivity contribution in [2.45, 2.75) is 97.8 Å². The Hall–Kier alpha value is -2.69. The minimum Gasteiger partial charge on any atom is -0.481 e. The van der Waals surface area contributed by atoms with Crippen molar-refractivity contribution >= 4 is 29.7 Å². The van der Waals surface area contributed by atoms with Crippen molar-refractivity contribution < 1.29 is 34.2 Å². The molecule has 0 saturated carbocycles. The maximum absolute atomic E-state index is 13.1. The number of carbonyl (C=O) groups excluding carboxylic acids is 3. The largest absolute Gasteiger partial charge is 0.481 e. The van der Waals surface area contributed by atoms with E-state index in [1.165, 1.54) is 0 Å². The van der Waals surface area contributed by atoms with Gasteiger partial charge in [0.1, 0.15) is 18.1 Å². The summed E-state index contributed by atoms with van der Waals surface area (Å²) >= 11 is 0. The van der Waals surface area contributed by atoms with Crippen LogP contribution in [0.15, 0.2) is 0 Å². The van der Waals surface area contributed by atoms with Gasteiger partial charge in [-0.15, -0.1) is 0 Å². The summed E-state index contributed by atoms with van der Waals surface area (Å²) in [6, 6.07) is -4.18. The van der Waals surface area contributed by atoms with Crippen molar-refractivity contribution in [1.82, 2.24) is 16.0 Å². The standard InChI is InChI=1S/C23H42N4O7/c1-7-14(6)19(27-20(30)15(24)8-9-18(28)29)22(32)25-16(10-12(2)3)21(31)26-17(23(33)34)11-13(4)5/h12-17,19H,7-11,24H2,1-6H3,(H,25,32)(H,26,31)(H,27,30)(H,28,29)(H,33,34). The highest BCUT2D eigenvalue weighted by atomic mass is 16.4. The molecule has 0 fully saturated rings. The number of aliphatic carboxylic acids is 2. The second kappa shape index (κ2) is 15.3. The Morgan fingerprint density at radius 1 is 0.765 bits per heavy atom. The van der Waals surface area contributed by atoms with E-state index in [4.69, 9.17) is 10.8 Å². The highest BCUT2D eigenvalue weighted by Crippen LogP contribution is 2.12. The van der Waals surface area contributed by atoms with Gasteiger partial charge in [-0.3, -0.25) is 19.2 Å². The van der Waals surface area contributed by atoms with E-state index >= 15 is 0 Å². The molecule has 0 aliphatic carbocycles. The van der Waals surface area contributed by atoms with Gasteiger partial charge < -0.3 is 31.9 Å².